The number of rotatable bonds is 7. The number of hydrogen-bond acceptors (Lipinski definition) is 9. The van der Waals surface area contributed by atoms with Gasteiger partial charge >= 0.3 is 0 Å². The molecule has 0 saturated carbocycles. The third-order valence-corrected chi connectivity index (χ3v) is 6.39. The number of ether oxygens (including phenoxy) is 2. The predicted molar refractivity (Wildman–Crippen MR) is 133 cm³/mol. The van der Waals surface area contributed by atoms with Crippen LogP contribution in [0.25, 0.3) is 11.5 Å². The molecular weight excluding hydrogens is 506 g/mol. The van der Waals surface area contributed by atoms with Gasteiger partial charge < -0.3 is 18.8 Å². The summed E-state index contributed by atoms with van der Waals surface area (Å²) in [5, 5.41) is 10.9. The number of likely N-dealkylation sites (N-methyl/N-ethyl adjacent to an activating group) is 1. The molecule has 36 heavy (non-hydrogen) atoms. The smallest absolute Gasteiger partial charge is 0.263 e. The Hall–Kier alpha value is -3.96. The molecule has 1 atom stereocenters. The fraction of sp³-hybridized carbons (Fsp3) is 0.208. The number of anilines is 1. The van der Waals surface area contributed by atoms with E-state index in [4.69, 9.17) is 25.5 Å². The number of halogens is 1. The maximum absolute atomic E-state index is 12.9. The third-order valence-electron chi connectivity index (χ3n) is 5.36. The standard InChI is InChI=1S/C24H20ClN5O5S/c1-13-28-29-22(33-13)14-3-5-16(6-4-14)34-17-9-15(21(31)27-24-26-12-20(25)36-24)10-18(11-17)35-19-7-8-30(2)23(19)32/h3-6,9-12,19H,7-8H2,1-2H3,(H,26,27,31). The van der Waals surface area contributed by atoms with Crippen molar-refractivity contribution in [3.63, 3.8) is 0 Å². The van der Waals surface area contributed by atoms with E-state index < -0.39 is 12.0 Å². The number of carbonyl (C=O) groups is 2. The second-order valence-electron chi connectivity index (χ2n) is 8.02. The lowest BCUT2D eigenvalue weighted by molar-refractivity contribution is -0.132. The van der Waals surface area contributed by atoms with Crippen LogP contribution >= 0.6 is 22.9 Å². The van der Waals surface area contributed by atoms with Gasteiger partial charge in [-0.2, -0.15) is 0 Å². The molecule has 3 heterocycles. The fourth-order valence-corrected chi connectivity index (χ4v) is 4.40. The topological polar surface area (TPSA) is 120 Å². The van der Waals surface area contributed by atoms with Gasteiger partial charge in [-0.25, -0.2) is 4.98 Å². The second kappa shape index (κ2) is 9.96. The predicted octanol–water partition coefficient (Wildman–Crippen LogP) is 4.81. The SMILES string of the molecule is Cc1nnc(-c2ccc(Oc3cc(OC4CCN(C)C4=O)cc(C(=O)Nc4ncc(Cl)s4)c3)cc2)o1. The van der Waals surface area contributed by atoms with E-state index in [1.165, 1.54) is 6.20 Å². The molecule has 12 heteroatoms. The maximum atomic E-state index is 12.9. The van der Waals surface area contributed by atoms with E-state index in [9.17, 15) is 9.59 Å². The highest BCUT2D eigenvalue weighted by Crippen LogP contribution is 2.31. The first-order valence-corrected chi connectivity index (χ1v) is 12.1. The number of carbonyl (C=O) groups excluding carboxylic acids is 2. The number of aryl methyl sites for hydroxylation is 1. The number of nitrogens with zero attached hydrogens (tertiary/aromatic N) is 4. The minimum Gasteiger partial charge on any atom is -0.480 e. The molecule has 1 aliphatic heterocycles. The molecule has 2 aromatic heterocycles. The van der Waals surface area contributed by atoms with Gasteiger partial charge in [0.05, 0.1) is 6.20 Å². The minimum atomic E-state index is -0.629. The fourth-order valence-electron chi connectivity index (χ4n) is 3.59. The van der Waals surface area contributed by atoms with Crippen LogP contribution in [0.3, 0.4) is 0 Å². The van der Waals surface area contributed by atoms with Crippen LogP contribution in [0.1, 0.15) is 22.7 Å². The van der Waals surface area contributed by atoms with Gasteiger partial charge in [-0.05, 0) is 36.4 Å². The molecule has 1 N–H and O–H groups in total. The minimum absolute atomic E-state index is 0.114. The van der Waals surface area contributed by atoms with Crippen molar-refractivity contribution < 1.29 is 23.5 Å². The third kappa shape index (κ3) is 5.31. The molecule has 1 unspecified atom stereocenters. The molecule has 0 spiro atoms. The molecule has 4 aromatic rings. The Balaban J connectivity index is 1.40. The summed E-state index contributed by atoms with van der Waals surface area (Å²) in [5.41, 5.74) is 1.01. The normalized spacial score (nSPS) is 15.2. The molecule has 1 fully saturated rings. The number of aromatic nitrogens is 3. The van der Waals surface area contributed by atoms with Crippen molar-refractivity contribution in [3.8, 4) is 28.7 Å². The molecule has 2 aromatic carbocycles. The van der Waals surface area contributed by atoms with E-state index in [0.29, 0.717) is 51.5 Å². The number of nitrogens with one attached hydrogen (secondary N) is 1. The zero-order chi connectivity index (χ0) is 25.2. The van der Waals surface area contributed by atoms with Gasteiger partial charge in [-0.1, -0.05) is 22.9 Å². The van der Waals surface area contributed by atoms with Gasteiger partial charge in [0.2, 0.25) is 11.8 Å². The Labute approximate surface area is 214 Å². The zero-order valence-electron chi connectivity index (χ0n) is 19.2. The van der Waals surface area contributed by atoms with Gasteiger partial charge in [0.1, 0.15) is 21.6 Å². The van der Waals surface area contributed by atoms with E-state index >= 15 is 0 Å². The van der Waals surface area contributed by atoms with Crippen LogP contribution in [0, 0.1) is 6.92 Å². The van der Waals surface area contributed by atoms with E-state index in [1.807, 2.05) is 0 Å². The molecule has 0 radical (unpaired) electrons. The molecule has 1 saturated heterocycles. The summed E-state index contributed by atoms with van der Waals surface area (Å²) in [7, 11) is 1.72. The van der Waals surface area contributed by atoms with Crippen molar-refractivity contribution in [2.45, 2.75) is 19.4 Å². The van der Waals surface area contributed by atoms with E-state index in [-0.39, 0.29) is 11.5 Å². The molecule has 5 rings (SSSR count). The summed E-state index contributed by atoms with van der Waals surface area (Å²) in [6.07, 6.45) is 1.38. The van der Waals surface area contributed by atoms with Crippen LogP contribution in [0.15, 0.2) is 53.1 Å². The first kappa shape index (κ1) is 23.8. The monoisotopic (exact) mass is 525 g/mol. The Kier molecular flexibility index (Phi) is 6.57. The summed E-state index contributed by atoms with van der Waals surface area (Å²) < 4.78 is 17.9. The summed E-state index contributed by atoms with van der Waals surface area (Å²) in [4.78, 5) is 31.0. The Morgan fingerprint density at radius 2 is 1.94 bits per heavy atom. The van der Waals surface area contributed by atoms with Crippen molar-refractivity contribution in [2.24, 2.45) is 0 Å². The molecule has 1 aliphatic rings. The molecule has 10 nitrogen and oxygen atoms in total. The lowest BCUT2D eigenvalue weighted by atomic mass is 10.1. The first-order chi connectivity index (χ1) is 17.3. The van der Waals surface area contributed by atoms with Crippen LogP contribution in [0.4, 0.5) is 5.13 Å². The summed E-state index contributed by atoms with van der Waals surface area (Å²) in [5.74, 6) is 1.55. The van der Waals surface area contributed by atoms with Gasteiger partial charge in [-0.15, -0.1) is 10.2 Å². The van der Waals surface area contributed by atoms with Gasteiger partial charge in [0.25, 0.3) is 11.8 Å². The zero-order valence-corrected chi connectivity index (χ0v) is 20.8. The summed E-state index contributed by atoms with van der Waals surface area (Å²) >= 11 is 7.06. The van der Waals surface area contributed by atoms with Crippen molar-refractivity contribution >= 4 is 39.9 Å². The highest BCUT2D eigenvalue weighted by Gasteiger charge is 2.31. The van der Waals surface area contributed by atoms with E-state index in [2.05, 4.69) is 20.5 Å². The Morgan fingerprint density at radius 3 is 2.58 bits per heavy atom. The van der Waals surface area contributed by atoms with Crippen molar-refractivity contribution in [2.75, 3.05) is 18.9 Å². The van der Waals surface area contributed by atoms with Gasteiger partial charge in [0, 0.05) is 44.1 Å². The number of thiazole rings is 1. The van der Waals surface area contributed by atoms with E-state index in [1.54, 1.807) is 61.3 Å². The quantitative estimate of drug-likeness (QED) is 0.365. The van der Waals surface area contributed by atoms with Crippen molar-refractivity contribution in [1.82, 2.24) is 20.1 Å². The number of hydrogen-bond donors (Lipinski definition) is 1. The molecule has 0 aliphatic carbocycles. The van der Waals surface area contributed by atoms with Crippen LogP contribution < -0.4 is 14.8 Å². The van der Waals surface area contributed by atoms with Crippen LogP contribution in [-0.4, -0.2) is 51.6 Å². The summed E-state index contributed by atoms with van der Waals surface area (Å²) in [6.45, 7) is 2.32. The Morgan fingerprint density at radius 1 is 1.17 bits per heavy atom. The number of likely N-dealkylation sites (tertiary alicyclic amines) is 1. The average molecular weight is 526 g/mol. The Bertz CT molecular complexity index is 1420. The second-order valence-corrected chi connectivity index (χ2v) is 9.69. The lowest BCUT2D eigenvalue weighted by Crippen LogP contribution is -2.29. The first-order valence-electron chi connectivity index (χ1n) is 10.9. The molecular formula is C24H20ClN5O5S. The highest BCUT2D eigenvalue weighted by atomic mass is 35.5. The summed E-state index contributed by atoms with van der Waals surface area (Å²) in [6, 6.07) is 11.8. The molecule has 184 valence electrons. The van der Waals surface area contributed by atoms with Crippen LogP contribution in [-0.2, 0) is 4.79 Å². The molecule has 0 bridgehead atoms. The van der Waals surface area contributed by atoms with Crippen LogP contribution in [0.2, 0.25) is 4.34 Å². The maximum Gasteiger partial charge on any atom is 0.263 e. The van der Waals surface area contributed by atoms with Gasteiger partial charge in [-0.3, -0.25) is 14.9 Å². The van der Waals surface area contributed by atoms with Crippen molar-refractivity contribution in [1.29, 1.82) is 0 Å². The lowest BCUT2D eigenvalue weighted by Gasteiger charge is -2.15. The van der Waals surface area contributed by atoms with Crippen LogP contribution in [0.5, 0.6) is 17.2 Å². The molecule has 2 amide bonds. The largest absolute Gasteiger partial charge is 0.480 e. The van der Waals surface area contributed by atoms with E-state index in [0.717, 1.165) is 16.9 Å². The highest BCUT2D eigenvalue weighted by molar-refractivity contribution is 7.19. The number of amides is 2. The van der Waals surface area contributed by atoms with Gasteiger partial charge in [0.15, 0.2) is 11.2 Å². The number of benzene rings is 2. The average Bonchev–Trinajstić information content (AvgIpc) is 3.56. The van der Waals surface area contributed by atoms with Crippen molar-refractivity contribution in [3.05, 3.63) is 64.5 Å².